The van der Waals surface area contributed by atoms with Gasteiger partial charge in [0.15, 0.2) is 0 Å². The SMILES string of the molecule is O[Si](OCl)(OCl)OCl. The van der Waals surface area contributed by atoms with Crippen molar-refractivity contribution < 1.29 is 16.7 Å². The van der Waals surface area contributed by atoms with Gasteiger partial charge in [-0.2, -0.15) is 0 Å². The minimum absolute atomic E-state index is 3.69. The Kier molecular flexibility index (Phi) is 4.31. The second kappa shape index (κ2) is 3.86. The lowest BCUT2D eigenvalue weighted by Gasteiger charge is -2.07. The fourth-order valence-electron chi connectivity index (χ4n) is 0.0357. The topological polar surface area (TPSA) is 47.9 Å². The molecule has 0 fully saturated rings. The first-order valence-corrected chi connectivity index (χ1v) is 3.90. The molecule has 8 heavy (non-hydrogen) atoms. The van der Waals surface area contributed by atoms with Crippen LogP contribution in [-0.4, -0.2) is 13.8 Å². The average molecular weight is 199 g/mol. The van der Waals surface area contributed by atoms with Gasteiger partial charge in [0, 0.05) is 0 Å². The van der Waals surface area contributed by atoms with E-state index in [1.807, 2.05) is 0 Å². The summed E-state index contributed by atoms with van der Waals surface area (Å²) in [5.74, 6) is 0. The van der Waals surface area contributed by atoms with Crippen molar-refractivity contribution >= 4 is 44.6 Å². The Morgan fingerprint density at radius 1 is 1.00 bits per heavy atom. The largest absolute Gasteiger partial charge is 0.727 e. The van der Waals surface area contributed by atoms with Gasteiger partial charge in [0.05, 0.1) is 35.6 Å². The van der Waals surface area contributed by atoms with Crippen LogP contribution in [0.25, 0.3) is 0 Å². The highest BCUT2D eigenvalue weighted by Crippen LogP contribution is 2.10. The quantitative estimate of drug-likeness (QED) is 0.687. The lowest BCUT2D eigenvalue weighted by atomic mass is 15.6. The summed E-state index contributed by atoms with van der Waals surface area (Å²) in [6.07, 6.45) is 0. The van der Waals surface area contributed by atoms with E-state index in [-0.39, 0.29) is 0 Å². The zero-order valence-electron chi connectivity index (χ0n) is 3.31. The molecule has 0 heterocycles. The van der Waals surface area contributed by atoms with E-state index in [1.165, 1.54) is 0 Å². The third kappa shape index (κ3) is 2.47. The lowest BCUT2D eigenvalue weighted by molar-refractivity contribution is 0.172. The highest BCUT2D eigenvalue weighted by molar-refractivity contribution is 6.63. The molecule has 0 bridgehead atoms. The fourth-order valence-corrected chi connectivity index (χ4v) is 0.964. The standard InChI is InChI=1S/Cl3HO4Si/c1-5-8(4,6-2)7-3/h4H. The normalized spacial score (nSPS) is 12.0. The maximum absolute atomic E-state index is 8.51. The molecule has 8 heteroatoms. The Labute approximate surface area is 61.8 Å². The van der Waals surface area contributed by atoms with Gasteiger partial charge in [-0.05, 0) is 0 Å². The van der Waals surface area contributed by atoms with E-state index >= 15 is 0 Å². The van der Waals surface area contributed by atoms with E-state index in [0.29, 0.717) is 0 Å². The van der Waals surface area contributed by atoms with Crippen LogP contribution in [0.2, 0.25) is 0 Å². The monoisotopic (exact) mass is 198 g/mol. The molecule has 0 aromatic carbocycles. The highest BCUT2D eigenvalue weighted by Gasteiger charge is 2.43. The molecule has 0 rings (SSSR count). The summed E-state index contributed by atoms with van der Waals surface area (Å²) in [5.41, 5.74) is 0. The Hall–Kier alpha value is 0.927. The third-order valence-electron chi connectivity index (χ3n) is 0.292. The molecule has 50 valence electrons. The summed E-state index contributed by atoms with van der Waals surface area (Å²) in [7, 11) is -3.88. The summed E-state index contributed by atoms with van der Waals surface area (Å²) in [6, 6.07) is 0. The summed E-state index contributed by atoms with van der Waals surface area (Å²) < 4.78 is 11.1. The highest BCUT2D eigenvalue weighted by atomic mass is 35.5. The molecule has 0 unspecified atom stereocenters. The Morgan fingerprint density at radius 3 is 1.25 bits per heavy atom. The molecule has 0 saturated heterocycles. The van der Waals surface area contributed by atoms with Crippen LogP contribution >= 0.6 is 35.6 Å². The molecule has 0 amide bonds. The zero-order valence-corrected chi connectivity index (χ0v) is 6.57. The number of rotatable bonds is 3. The predicted octanol–water partition coefficient (Wildman–Crippen LogP) is 0.925. The van der Waals surface area contributed by atoms with Crippen molar-refractivity contribution in [3.63, 3.8) is 0 Å². The second-order valence-corrected chi connectivity index (χ2v) is 3.65. The van der Waals surface area contributed by atoms with Crippen LogP contribution in [0.5, 0.6) is 0 Å². The number of hydrogen-bond donors (Lipinski definition) is 1. The van der Waals surface area contributed by atoms with Gasteiger partial charge in [0.2, 0.25) is 0 Å². The van der Waals surface area contributed by atoms with Gasteiger partial charge in [0.1, 0.15) is 0 Å². The van der Waals surface area contributed by atoms with Crippen molar-refractivity contribution in [1.82, 2.24) is 0 Å². The minimum Gasteiger partial charge on any atom is -0.365 e. The van der Waals surface area contributed by atoms with Crippen molar-refractivity contribution in [1.29, 1.82) is 0 Å². The lowest BCUT2D eigenvalue weighted by Crippen LogP contribution is -2.37. The number of hydrogen-bond acceptors (Lipinski definition) is 4. The van der Waals surface area contributed by atoms with E-state index in [1.54, 1.807) is 0 Å². The predicted molar refractivity (Wildman–Crippen MR) is 28.8 cm³/mol. The van der Waals surface area contributed by atoms with Crippen LogP contribution in [0, 0.1) is 0 Å². The molecule has 0 aromatic heterocycles. The maximum atomic E-state index is 8.51. The Morgan fingerprint density at radius 2 is 1.25 bits per heavy atom. The van der Waals surface area contributed by atoms with Crippen LogP contribution < -0.4 is 0 Å². The molecule has 1 N–H and O–H groups in total. The smallest absolute Gasteiger partial charge is 0.365 e. The summed E-state index contributed by atoms with van der Waals surface area (Å²) >= 11 is 13.8. The van der Waals surface area contributed by atoms with E-state index in [0.717, 1.165) is 0 Å². The van der Waals surface area contributed by atoms with Gasteiger partial charge in [-0.25, -0.2) is 11.9 Å². The van der Waals surface area contributed by atoms with E-state index in [9.17, 15) is 0 Å². The third-order valence-corrected chi connectivity index (χ3v) is 2.63. The van der Waals surface area contributed by atoms with E-state index in [4.69, 9.17) is 4.80 Å². The van der Waals surface area contributed by atoms with Crippen LogP contribution in [-0.2, 0) is 11.9 Å². The van der Waals surface area contributed by atoms with Crippen molar-refractivity contribution in [3.05, 3.63) is 0 Å². The van der Waals surface area contributed by atoms with Crippen molar-refractivity contribution in [2.45, 2.75) is 0 Å². The van der Waals surface area contributed by atoms with E-state index in [2.05, 4.69) is 47.5 Å². The van der Waals surface area contributed by atoms with Crippen molar-refractivity contribution in [2.24, 2.45) is 0 Å². The maximum Gasteiger partial charge on any atom is 0.727 e. The summed E-state index contributed by atoms with van der Waals surface area (Å²) in [5, 5.41) is 0. The molecule has 4 nitrogen and oxygen atoms in total. The Balaban J connectivity index is 3.58. The van der Waals surface area contributed by atoms with E-state index < -0.39 is 9.05 Å². The average Bonchev–Trinajstić information content (AvgIpc) is 1.87. The molecular formula is HCl3O4Si. The molecule has 0 aliphatic rings. The molecule has 0 radical (unpaired) electrons. The van der Waals surface area contributed by atoms with Crippen LogP contribution in [0.3, 0.4) is 0 Å². The molecular weight excluding hydrogens is 198 g/mol. The fraction of sp³-hybridized carbons (Fsp3) is 0. The van der Waals surface area contributed by atoms with Crippen LogP contribution in [0.4, 0.5) is 0 Å². The Bertz CT molecular complexity index is 54.0. The first kappa shape index (κ1) is 8.93. The molecule has 0 saturated carbocycles. The van der Waals surface area contributed by atoms with Crippen molar-refractivity contribution in [3.8, 4) is 0 Å². The first-order valence-electron chi connectivity index (χ1n) is 1.30. The van der Waals surface area contributed by atoms with Gasteiger partial charge in [-0.1, -0.05) is 0 Å². The molecule has 0 atom stereocenters. The first-order chi connectivity index (χ1) is 3.68. The molecule has 0 spiro atoms. The molecule has 0 aliphatic carbocycles. The van der Waals surface area contributed by atoms with Gasteiger partial charge in [-0.15, -0.1) is 0 Å². The van der Waals surface area contributed by atoms with Gasteiger partial charge >= 0.3 is 9.05 Å². The minimum atomic E-state index is -3.88. The second-order valence-electron chi connectivity index (χ2n) is 0.755. The van der Waals surface area contributed by atoms with Gasteiger partial charge in [0.25, 0.3) is 0 Å². The van der Waals surface area contributed by atoms with Crippen molar-refractivity contribution in [2.75, 3.05) is 0 Å². The van der Waals surface area contributed by atoms with Crippen LogP contribution in [0.15, 0.2) is 0 Å². The van der Waals surface area contributed by atoms with Gasteiger partial charge in [-0.3, -0.25) is 0 Å². The number of halogens is 3. The molecule has 0 aromatic rings. The summed E-state index contributed by atoms with van der Waals surface area (Å²) in [4.78, 5) is 8.51. The van der Waals surface area contributed by atoms with Crippen LogP contribution in [0.1, 0.15) is 0 Å². The zero-order chi connectivity index (χ0) is 6.62. The summed E-state index contributed by atoms with van der Waals surface area (Å²) in [6.45, 7) is 0. The molecule has 0 aliphatic heterocycles. The van der Waals surface area contributed by atoms with Gasteiger partial charge < -0.3 is 4.80 Å².